The van der Waals surface area contributed by atoms with Crippen molar-refractivity contribution in [2.75, 3.05) is 34.0 Å². The first-order valence-electron chi connectivity index (χ1n) is 11.8. The quantitative estimate of drug-likeness (QED) is 0.503. The van der Waals surface area contributed by atoms with E-state index in [1.165, 1.54) is 18.8 Å². The number of pyridine rings is 1. The third kappa shape index (κ3) is 5.27. The Morgan fingerprint density at radius 3 is 2.51 bits per heavy atom. The van der Waals surface area contributed by atoms with Gasteiger partial charge in [0.05, 0.1) is 38.4 Å². The van der Waals surface area contributed by atoms with Crippen molar-refractivity contribution in [2.45, 2.75) is 33.4 Å². The number of carbonyl (C=O) groups is 1. The number of benzene rings is 2. The zero-order valence-electron chi connectivity index (χ0n) is 20.7. The van der Waals surface area contributed by atoms with Crippen molar-refractivity contribution in [1.82, 2.24) is 9.88 Å². The van der Waals surface area contributed by atoms with Crippen LogP contribution in [0.15, 0.2) is 41.3 Å². The normalized spacial score (nSPS) is 15.3. The van der Waals surface area contributed by atoms with Crippen LogP contribution < -0.4 is 25.1 Å². The minimum atomic E-state index is -0.292. The molecule has 1 unspecified atom stereocenters. The molecule has 4 rings (SSSR count). The fourth-order valence-corrected chi connectivity index (χ4v) is 4.27. The van der Waals surface area contributed by atoms with E-state index in [1.807, 2.05) is 32.0 Å². The van der Waals surface area contributed by atoms with Crippen molar-refractivity contribution in [3.05, 3.63) is 63.6 Å². The van der Waals surface area contributed by atoms with Crippen LogP contribution in [0, 0.1) is 12.8 Å². The van der Waals surface area contributed by atoms with Gasteiger partial charge in [0.1, 0.15) is 5.75 Å². The van der Waals surface area contributed by atoms with Crippen LogP contribution in [-0.2, 0) is 17.8 Å². The van der Waals surface area contributed by atoms with Crippen LogP contribution in [0.4, 0.5) is 0 Å². The Kier molecular flexibility index (Phi) is 7.60. The number of rotatable bonds is 9. The van der Waals surface area contributed by atoms with Gasteiger partial charge in [0.25, 0.3) is 11.5 Å². The molecule has 2 aromatic carbocycles. The average molecular weight is 481 g/mol. The Balaban J connectivity index is 1.62. The molecule has 0 radical (unpaired) electrons. The summed E-state index contributed by atoms with van der Waals surface area (Å²) in [6.07, 6.45) is 2.59. The number of aromatic nitrogens is 1. The zero-order chi connectivity index (χ0) is 24.9. The lowest BCUT2D eigenvalue weighted by Crippen LogP contribution is -2.27. The molecule has 1 N–H and O–H groups in total. The minimum Gasteiger partial charge on any atom is -0.493 e. The molecule has 1 aliphatic rings. The number of carbonyl (C=O) groups excluding carboxylic acids is 1. The van der Waals surface area contributed by atoms with Gasteiger partial charge in [-0.15, -0.1) is 0 Å². The second-order valence-corrected chi connectivity index (χ2v) is 8.72. The molecule has 0 bridgehead atoms. The fourth-order valence-electron chi connectivity index (χ4n) is 4.27. The lowest BCUT2D eigenvalue weighted by Gasteiger charge is -2.16. The van der Waals surface area contributed by atoms with Crippen LogP contribution in [-0.4, -0.2) is 44.5 Å². The molecule has 0 spiro atoms. The molecule has 0 saturated carbocycles. The van der Waals surface area contributed by atoms with E-state index in [1.54, 1.807) is 18.3 Å². The molecule has 1 aromatic heterocycles. The molecule has 1 aliphatic heterocycles. The highest BCUT2D eigenvalue weighted by atomic mass is 16.5. The third-order valence-corrected chi connectivity index (χ3v) is 6.34. The molecular formula is C27H32N2O6. The molecule has 0 aliphatic carbocycles. The van der Waals surface area contributed by atoms with Crippen LogP contribution in [0.2, 0.25) is 0 Å². The highest BCUT2D eigenvalue weighted by molar-refractivity contribution is 6.07. The van der Waals surface area contributed by atoms with Crippen molar-refractivity contribution >= 4 is 16.7 Å². The molecule has 8 nitrogen and oxygen atoms in total. The van der Waals surface area contributed by atoms with E-state index in [-0.39, 0.29) is 18.0 Å². The monoisotopic (exact) mass is 480 g/mol. The summed E-state index contributed by atoms with van der Waals surface area (Å²) < 4.78 is 23.9. The van der Waals surface area contributed by atoms with E-state index >= 15 is 0 Å². The van der Waals surface area contributed by atoms with Gasteiger partial charge in [-0.2, -0.15) is 0 Å². The maximum absolute atomic E-state index is 13.4. The van der Waals surface area contributed by atoms with E-state index in [2.05, 4.69) is 5.32 Å². The van der Waals surface area contributed by atoms with E-state index in [9.17, 15) is 9.59 Å². The van der Waals surface area contributed by atoms with Crippen molar-refractivity contribution in [3.63, 3.8) is 0 Å². The van der Waals surface area contributed by atoms with Gasteiger partial charge in [0, 0.05) is 42.8 Å². The van der Waals surface area contributed by atoms with E-state index in [0.29, 0.717) is 53.5 Å². The summed E-state index contributed by atoms with van der Waals surface area (Å²) in [6.45, 7) is 6.66. The predicted octanol–water partition coefficient (Wildman–Crippen LogP) is 3.69. The molecule has 2 heterocycles. The zero-order valence-corrected chi connectivity index (χ0v) is 20.7. The largest absolute Gasteiger partial charge is 0.493 e. The first-order chi connectivity index (χ1) is 16.9. The number of hydrogen-bond donors (Lipinski definition) is 1. The molecule has 186 valence electrons. The second-order valence-electron chi connectivity index (χ2n) is 8.72. The van der Waals surface area contributed by atoms with E-state index in [0.717, 1.165) is 29.9 Å². The number of ether oxygens (including phenoxy) is 4. The van der Waals surface area contributed by atoms with Gasteiger partial charge < -0.3 is 28.8 Å². The van der Waals surface area contributed by atoms with Crippen LogP contribution in [0.1, 0.15) is 34.8 Å². The summed E-state index contributed by atoms with van der Waals surface area (Å²) in [5.74, 6) is 1.73. The predicted molar refractivity (Wildman–Crippen MR) is 134 cm³/mol. The molecule has 35 heavy (non-hydrogen) atoms. The van der Waals surface area contributed by atoms with Crippen molar-refractivity contribution in [2.24, 2.45) is 5.92 Å². The van der Waals surface area contributed by atoms with E-state index < -0.39 is 0 Å². The van der Waals surface area contributed by atoms with Crippen LogP contribution >= 0.6 is 0 Å². The number of amides is 1. The molecule has 1 amide bonds. The van der Waals surface area contributed by atoms with Crippen molar-refractivity contribution < 1.29 is 23.7 Å². The summed E-state index contributed by atoms with van der Waals surface area (Å²) in [5.41, 5.74) is 2.17. The van der Waals surface area contributed by atoms with Crippen LogP contribution in [0.5, 0.6) is 17.2 Å². The fraction of sp³-hybridized carbons (Fsp3) is 0.407. The lowest BCUT2D eigenvalue weighted by atomic mass is 10.0. The maximum Gasteiger partial charge on any atom is 0.258 e. The number of methoxy groups -OCH3 is 2. The number of nitrogens with zero attached hydrogens (tertiary/aromatic N) is 1. The van der Waals surface area contributed by atoms with E-state index in [4.69, 9.17) is 18.9 Å². The van der Waals surface area contributed by atoms with Gasteiger partial charge in [-0.3, -0.25) is 9.59 Å². The maximum atomic E-state index is 13.4. The number of hydrogen-bond acceptors (Lipinski definition) is 6. The Morgan fingerprint density at radius 1 is 1.11 bits per heavy atom. The third-order valence-electron chi connectivity index (χ3n) is 6.34. The summed E-state index contributed by atoms with van der Waals surface area (Å²) >= 11 is 0. The van der Waals surface area contributed by atoms with Gasteiger partial charge >= 0.3 is 0 Å². The number of fused-ring (bicyclic) bond motifs is 1. The lowest BCUT2D eigenvalue weighted by molar-refractivity contribution is 0.0951. The summed E-state index contributed by atoms with van der Waals surface area (Å²) in [6, 6.07) is 9.25. The van der Waals surface area contributed by atoms with Crippen LogP contribution in [0.3, 0.4) is 0 Å². The standard InChI is InChI=1S/C27H32N2O6/c1-5-29-14-22(20-11-24(32-3)25(33-4)12-21(20)27(29)31)26(30)28-13-19-7-6-17(2)10-23(19)35-16-18-8-9-34-15-18/h6-7,10-12,14,18H,5,8-9,13,15-16H2,1-4H3,(H,28,30). The highest BCUT2D eigenvalue weighted by Gasteiger charge is 2.20. The minimum absolute atomic E-state index is 0.190. The average Bonchev–Trinajstić information content (AvgIpc) is 3.40. The second kappa shape index (κ2) is 10.8. The highest BCUT2D eigenvalue weighted by Crippen LogP contribution is 2.32. The topological polar surface area (TPSA) is 88.0 Å². The van der Waals surface area contributed by atoms with Gasteiger partial charge in [-0.1, -0.05) is 12.1 Å². The Morgan fingerprint density at radius 2 is 1.86 bits per heavy atom. The Bertz CT molecular complexity index is 1280. The van der Waals surface area contributed by atoms with Gasteiger partial charge in [-0.25, -0.2) is 0 Å². The van der Waals surface area contributed by atoms with Crippen molar-refractivity contribution in [3.8, 4) is 17.2 Å². The first kappa shape index (κ1) is 24.6. The van der Waals surface area contributed by atoms with Crippen molar-refractivity contribution in [1.29, 1.82) is 0 Å². The Hall–Kier alpha value is -3.52. The van der Waals surface area contributed by atoms with Gasteiger partial charge in [-0.05, 0) is 44.0 Å². The molecule has 3 aromatic rings. The Labute approximate surface area is 204 Å². The SMILES string of the molecule is CCn1cc(C(=O)NCc2ccc(C)cc2OCC2CCOC2)c2cc(OC)c(OC)cc2c1=O. The number of aryl methyl sites for hydroxylation is 2. The summed E-state index contributed by atoms with van der Waals surface area (Å²) in [4.78, 5) is 26.3. The van der Waals surface area contributed by atoms with Gasteiger partial charge in [0.15, 0.2) is 11.5 Å². The molecule has 1 atom stereocenters. The molecular weight excluding hydrogens is 448 g/mol. The summed E-state index contributed by atoms with van der Waals surface area (Å²) in [7, 11) is 3.03. The number of nitrogens with one attached hydrogen (secondary N) is 1. The van der Waals surface area contributed by atoms with Gasteiger partial charge in [0.2, 0.25) is 0 Å². The molecule has 1 fully saturated rings. The first-order valence-corrected chi connectivity index (χ1v) is 11.8. The van der Waals surface area contributed by atoms with Crippen LogP contribution in [0.25, 0.3) is 10.8 Å². The smallest absolute Gasteiger partial charge is 0.258 e. The molecule has 8 heteroatoms. The summed E-state index contributed by atoms with van der Waals surface area (Å²) in [5, 5.41) is 3.91. The molecule has 1 saturated heterocycles.